The Morgan fingerprint density at radius 1 is 1.25 bits per heavy atom. The number of H-pyrrole nitrogens is 1. The highest BCUT2D eigenvalue weighted by Gasteiger charge is 2.28. The van der Waals surface area contributed by atoms with Crippen LogP contribution in [0, 0.1) is 6.92 Å². The number of methoxy groups -OCH3 is 2. The third-order valence-electron chi connectivity index (χ3n) is 3.80. The molecule has 0 aliphatic carbocycles. The molecule has 0 saturated carbocycles. The molecule has 0 spiro atoms. The standard InChI is InChI=1S/C17H16ClF2N3O4S/c1-9-7-21-13(15(26-3)14(9)25-2)8-28(24)16-22-11-5-4-10(6-12(11)23-16)27-17(18,19)20/h4-7H,8H2,1-3H3,(H,22,23). The van der Waals surface area contributed by atoms with Crippen molar-refractivity contribution in [2.24, 2.45) is 0 Å². The highest BCUT2D eigenvalue weighted by Crippen LogP contribution is 2.34. The number of aromatic nitrogens is 3. The maximum atomic E-state index is 12.8. The summed E-state index contributed by atoms with van der Waals surface area (Å²) in [5.74, 6) is 0.771. The molecule has 0 bridgehead atoms. The van der Waals surface area contributed by atoms with Gasteiger partial charge in [-0.1, -0.05) is 0 Å². The SMILES string of the molecule is COc1c(C)cnc(CS(=O)c2nc3ccc(OC(F)(F)Cl)cc3[nH]2)c1OC. The largest absolute Gasteiger partial charge is 0.492 e. The first kappa shape index (κ1) is 20.3. The zero-order valence-electron chi connectivity index (χ0n) is 15.1. The lowest BCUT2D eigenvalue weighted by molar-refractivity contribution is -0.0964. The normalized spacial score (nSPS) is 12.8. The zero-order valence-corrected chi connectivity index (χ0v) is 16.7. The average molecular weight is 432 g/mol. The highest BCUT2D eigenvalue weighted by atomic mass is 35.5. The van der Waals surface area contributed by atoms with Crippen molar-refractivity contribution in [2.45, 2.75) is 23.4 Å². The van der Waals surface area contributed by atoms with Gasteiger partial charge in [0.2, 0.25) is 0 Å². The molecule has 0 aliphatic heterocycles. The summed E-state index contributed by atoms with van der Waals surface area (Å²) in [6.07, 6.45) is 1.60. The van der Waals surface area contributed by atoms with Gasteiger partial charge in [0.05, 0.1) is 47.5 Å². The number of nitrogens with one attached hydrogen (secondary N) is 1. The quantitative estimate of drug-likeness (QED) is 0.573. The second-order valence-corrected chi connectivity index (χ2v) is 7.52. The number of imidazole rings is 1. The van der Waals surface area contributed by atoms with E-state index in [2.05, 4.69) is 19.7 Å². The molecule has 28 heavy (non-hydrogen) atoms. The van der Waals surface area contributed by atoms with Crippen LogP contribution in [-0.4, -0.2) is 38.9 Å². The lowest BCUT2D eigenvalue weighted by atomic mass is 10.2. The molecular weight excluding hydrogens is 416 g/mol. The van der Waals surface area contributed by atoms with Crippen LogP contribution in [0.2, 0.25) is 0 Å². The van der Waals surface area contributed by atoms with Crippen LogP contribution >= 0.6 is 11.6 Å². The van der Waals surface area contributed by atoms with E-state index in [0.29, 0.717) is 28.2 Å². The Hall–Kier alpha value is -2.46. The van der Waals surface area contributed by atoms with E-state index in [-0.39, 0.29) is 16.7 Å². The van der Waals surface area contributed by atoms with E-state index in [1.165, 1.54) is 32.4 Å². The van der Waals surface area contributed by atoms with Gasteiger partial charge in [0, 0.05) is 29.4 Å². The van der Waals surface area contributed by atoms with Gasteiger partial charge < -0.3 is 19.2 Å². The fraction of sp³-hybridized carbons (Fsp3) is 0.294. The van der Waals surface area contributed by atoms with E-state index in [1.54, 1.807) is 6.20 Å². The minimum absolute atomic E-state index is 0.0166. The molecule has 0 aliphatic rings. The number of rotatable bonds is 7. The molecule has 1 atom stereocenters. The van der Waals surface area contributed by atoms with Gasteiger partial charge in [-0.05, 0) is 19.1 Å². The first-order valence-electron chi connectivity index (χ1n) is 7.92. The van der Waals surface area contributed by atoms with Crippen molar-refractivity contribution in [3.05, 3.63) is 35.7 Å². The number of ether oxygens (including phenoxy) is 3. The van der Waals surface area contributed by atoms with Crippen molar-refractivity contribution < 1.29 is 27.2 Å². The number of aromatic amines is 1. The second-order valence-electron chi connectivity index (χ2n) is 5.71. The molecule has 7 nitrogen and oxygen atoms in total. The number of fused-ring (bicyclic) bond motifs is 1. The molecule has 0 amide bonds. The van der Waals surface area contributed by atoms with Gasteiger partial charge >= 0.3 is 5.57 Å². The lowest BCUT2D eigenvalue weighted by Crippen LogP contribution is -2.15. The fourth-order valence-electron chi connectivity index (χ4n) is 2.63. The summed E-state index contributed by atoms with van der Waals surface area (Å²) >= 11 is 4.77. The van der Waals surface area contributed by atoms with Crippen LogP contribution in [0.4, 0.5) is 8.78 Å². The van der Waals surface area contributed by atoms with Gasteiger partial charge in [-0.25, -0.2) is 4.98 Å². The number of halogens is 3. The van der Waals surface area contributed by atoms with Crippen molar-refractivity contribution in [3.8, 4) is 17.2 Å². The summed E-state index contributed by atoms with van der Waals surface area (Å²) in [5.41, 5.74) is -1.79. The molecule has 1 N–H and O–H groups in total. The summed E-state index contributed by atoms with van der Waals surface area (Å²) in [6, 6.07) is 4.05. The maximum Gasteiger partial charge on any atom is 0.487 e. The maximum absolute atomic E-state index is 12.8. The van der Waals surface area contributed by atoms with Gasteiger partial charge in [-0.2, -0.15) is 0 Å². The minimum Gasteiger partial charge on any atom is -0.492 e. The van der Waals surface area contributed by atoms with Crippen molar-refractivity contribution in [1.29, 1.82) is 0 Å². The Morgan fingerprint density at radius 3 is 2.61 bits per heavy atom. The predicted molar refractivity (Wildman–Crippen MR) is 99.7 cm³/mol. The zero-order chi connectivity index (χ0) is 20.5. The summed E-state index contributed by atoms with van der Waals surface area (Å²) in [7, 11) is 1.38. The minimum atomic E-state index is -3.83. The highest BCUT2D eigenvalue weighted by molar-refractivity contribution is 7.84. The third kappa shape index (κ3) is 4.33. The molecule has 0 fully saturated rings. The molecule has 0 saturated heterocycles. The molecular formula is C17H16ClF2N3O4S. The molecule has 11 heteroatoms. The number of aryl methyl sites for hydroxylation is 1. The van der Waals surface area contributed by atoms with Crippen molar-refractivity contribution in [3.63, 3.8) is 0 Å². The predicted octanol–water partition coefficient (Wildman–Crippen LogP) is 3.76. The van der Waals surface area contributed by atoms with Gasteiger partial charge in [0.1, 0.15) is 5.75 Å². The van der Waals surface area contributed by atoms with E-state index in [4.69, 9.17) is 21.1 Å². The molecule has 3 rings (SSSR count). The fourth-order valence-corrected chi connectivity index (χ4v) is 3.74. The molecule has 150 valence electrons. The molecule has 2 aromatic heterocycles. The van der Waals surface area contributed by atoms with Crippen LogP contribution in [0.25, 0.3) is 11.0 Å². The van der Waals surface area contributed by atoms with Crippen molar-refractivity contribution >= 4 is 33.4 Å². The van der Waals surface area contributed by atoms with Crippen LogP contribution in [-0.2, 0) is 16.6 Å². The smallest absolute Gasteiger partial charge is 0.487 e. The number of benzene rings is 1. The van der Waals surface area contributed by atoms with E-state index in [9.17, 15) is 13.0 Å². The van der Waals surface area contributed by atoms with Crippen molar-refractivity contribution in [1.82, 2.24) is 15.0 Å². The molecule has 0 radical (unpaired) electrons. The van der Waals surface area contributed by atoms with Gasteiger partial charge in [0.25, 0.3) is 0 Å². The van der Waals surface area contributed by atoms with Gasteiger partial charge in [-0.15, -0.1) is 8.78 Å². The topological polar surface area (TPSA) is 86.3 Å². The monoisotopic (exact) mass is 431 g/mol. The Morgan fingerprint density at radius 2 is 1.96 bits per heavy atom. The average Bonchev–Trinajstić information content (AvgIpc) is 3.04. The van der Waals surface area contributed by atoms with Crippen LogP contribution in [0.5, 0.6) is 17.2 Å². The van der Waals surface area contributed by atoms with Crippen LogP contribution < -0.4 is 14.2 Å². The molecule has 3 aromatic rings. The lowest BCUT2D eigenvalue weighted by Gasteiger charge is -2.13. The summed E-state index contributed by atoms with van der Waals surface area (Å²) in [6.45, 7) is 1.82. The Balaban J connectivity index is 1.88. The Bertz CT molecular complexity index is 1040. The van der Waals surface area contributed by atoms with E-state index < -0.39 is 16.4 Å². The Kier molecular flexibility index (Phi) is 5.71. The summed E-state index contributed by atoms with van der Waals surface area (Å²) < 4.78 is 53.3. The Labute approximate surface area is 166 Å². The van der Waals surface area contributed by atoms with Crippen LogP contribution in [0.3, 0.4) is 0 Å². The van der Waals surface area contributed by atoms with Crippen molar-refractivity contribution in [2.75, 3.05) is 14.2 Å². The van der Waals surface area contributed by atoms with E-state index in [0.717, 1.165) is 5.56 Å². The number of alkyl halides is 3. The van der Waals surface area contributed by atoms with Gasteiger partial charge in [0.15, 0.2) is 16.7 Å². The van der Waals surface area contributed by atoms with Crippen LogP contribution in [0.1, 0.15) is 11.3 Å². The number of hydrogen-bond donors (Lipinski definition) is 1. The molecule has 1 aromatic carbocycles. The number of nitrogens with zero attached hydrogens (tertiary/aromatic N) is 2. The summed E-state index contributed by atoms with van der Waals surface area (Å²) in [5, 5.41) is 0.160. The first-order valence-corrected chi connectivity index (χ1v) is 9.62. The summed E-state index contributed by atoms with van der Waals surface area (Å²) in [4.78, 5) is 11.3. The number of hydrogen-bond acceptors (Lipinski definition) is 6. The van der Waals surface area contributed by atoms with Crippen LogP contribution in [0.15, 0.2) is 29.6 Å². The van der Waals surface area contributed by atoms with E-state index in [1.807, 2.05) is 6.92 Å². The third-order valence-corrected chi connectivity index (χ3v) is 5.03. The molecule has 2 heterocycles. The van der Waals surface area contributed by atoms with Gasteiger partial charge in [-0.3, -0.25) is 9.19 Å². The molecule has 1 unspecified atom stereocenters. The second kappa shape index (κ2) is 7.88. The number of pyridine rings is 1. The first-order chi connectivity index (χ1) is 13.2. The van der Waals surface area contributed by atoms with E-state index >= 15 is 0 Å².